The van der Waals surface area contributed by atoms with Gasteiger partial charge in [0.1, 0.15) is 11.9 Å². The van der Waals surface area contributed by atoms with Crippen LogP contribution in [0.2, 0.25) is 0 Å². The minimum atomic E-state index is -0.0292. The van der Waals surface area contributed by atoms with Gasteiger partial charge in [-0.3, -0.25) is 9.78 Å². The zero-order chi connectivity index (χ0) is 24.1. The Bertz CT molecular complexity index is 1340. The lowest BCUT2D eigenvalue weighted by atomic mass is 9.95. The minimum absolute atomic E-state index is 0.0270. The van der Waals surface area contributed by atoms with Crippen LogP contribution in [-0.4, -0.2) is 58.2 Å². The maximum atomic E-state index is 12.9. The van der Waals surface area contributed by atoms with Crippen LogP contribution in [0, 0.1) is 23.2 Å². The number of hydrogen-bond donors (Lipinski definition) is 1. The fourth-order valence-corrected chi connectivity index (χ4v) is 5.52. The van der Waals surface area contributed by atoms with E-state index in [9.17, 15) is 15.2 Å². The molecule has 6 rings (SSSR count). The number of fused-ring (bicyclic) bond motifs is 1. The third kappa shape index (κ3) is 3.92. The lowest BCUT2D eigenvalue weighted by Crippen LogP contribution is -2.55. The van der Waals surface area contributed by atoms with Gasteiger partial charge in [0.15, 0.2) is 0 Å². The molecule has 1 N–H and O–H groups in total. The molecule has 1 amide bonds. The molecule has 1 saturated heterocycles. The van der Waals surface area contributed by atoms with E-state index < -0.39 is 0 Å². The highest BCUT2D eigenvalue weighted by Crippen LogP contribution is 2.46. The average molecular weight is 468 g/mol. The number of rotatable bonds is 5. The maximum absolute atomic E-state index is 12.9. The van der Waals surface area contributed by atoms with E-state index in [-0.39, 0.29) is 30.4 Å². The van der Waals surface area contributed by atoms with Crippen molar-refractivity contribution in [1.29, 1.82) is 5.26 Å². The first-order chi connectivity index (χ1) is 17.1. The molecular weight excluding hydrogens is 438 g/mol. The summed E-state index contributed by atoms with van der Waals surface area (Å²) in [5.41, 5.74) is 3.77. The van der Waals surface area contributed by atoms with E-state index in [4.69, 9.17) is 4.98 Å². The molecule has 2 aliphatic carbocycles. The largest absolute Gasteiger partial charge is 0.396 e. The Hall–Kier alpha value is -3.50. The summed E-state index contributed by atoms with van der Waals surface area (Å²) in [6.07, 6.45) is 6.70. The minimum Gasteiger partial charge on any atom is -0.396 e. The summed E-state index contributed by atoms with van der Waals surface area (Å²) in [5.74, 6) is 1.40. The van der Waals surface area contributed by atoms with Gasteiger partial charge >= 0.3 is 0 Å². The number of benzene rings is 1. The van der Waals surface area contributed by atoms with Crippen molar-refractivity contribution in [2.45, 2.75) is 38.1 Å². The van der Waals surface area contributed by atoms with Gasteiger partial charge in [-0.05, 0) is 55.2 Å². The summed E-state index contributed by atoms with van der Waals surface area (Å²) in [5, 5.41) is 21.7. The highest BCUT2D eigenvalue weighted by molar-refractivity contribution is 5.97. The van der Waals surface area contributed by atoms with Crippen molar-refractivity contribution in [2.75, 3.05) is 31.1 Å². The van der Waals surface area contributed by atoms with Crippen LogP contribution in [0.4, 0.5) is 5.82 Å². The number of nitrogens with zero attached hydrogens (tertiary/aromatic N) is 5. The van der Waals surface area contributed by atoms with Gasteiger partial charge in [-0.1, -0.05) is 18.2 Å². The van der Waals surface area contributed by atoms with Crippen molar-refractivity contribution in [1.82, 2.24) is 14.9 Å². The second-order valence-electron chi connectivity index (χ2n) is 10.2. The topological polar surface area (TPSA) is 93.4 Å². The summed E-state index contributed by atoms with van der Waals surface area (Å²) in [6, 6.07) is 12.7. The Labute approximate surface area is 205 Å². The second kappa shape index (κ2) is 8.62. The number of hydrogen-bond acceptors (Lipinski definition) is 6. The van der Waals surface area contributed by atoms with Crippen molar-refractivity contribution in [3.8, 4) is 17.2 Å². The number of anilines is 1. The van der Waals surface area contributed by atoms with E-state index in [1.165, 1.54) is 0 Å². The van der Waals surface area contributed by atoms with Crippen LogP contribution < -0.4 is 4.90 Å². The normalized spacial score (nSPS) is 23.9. The number of nitriles is 1. The van der Waals surface area contributed by atoms with Gasteiger partial charge in [0, 0.05) is 67.5 Å². The Kier molecular flexibility index (Phi) is 5.42. The van der Waals surface area contributed by atoms with Crippen molar-refractivity contribution >= 4 is 22.5 Å². The smallest absolute Gasteiger partial charge is 0.226 e. The molecule has 0 radical (unpaired) electrons. The van der Waals surface area contributed by atoms with Crippen LogP contribution in [0.15, 0.2) is 42.7 Å². The third-order valence-corrected chi connectivity index (χ3v) is 7.77. The Morgan fingerprint density at radius 1 is 1.23 bits per heavy atom. The Balaban J connectivity index is 1.34. The van der Waals surface area contributed by atoms with Gasteiger partial charge in [0.05, 0.1) is 11.3 Å². The molecule has 3 aromatic rings. The monoisotopic (exact) mass is 467 g/mol. The van der Waals surface area contributed by atoms with E-state index in [1.54, 1.807) is 0 Å². The molecule has 0 bridgehead atoms. The molecule has 178 valence electrons. The van der Waals surface area contributed by atoms with Crippen molar-refractivity contribution in [3.63, 3.8) is 0 Å². The Morgan fingerprint density at radius 3 is 2.80 bits per heavy atom. The van der Waals surface area contributed by atoms with Crippen LogP contribution in [-0.2, 0) is 4.79 Å². The first-order valence-corrected chi connectivity index (χ1v) is 12.5. The highest BCUT2D eigenvalue weighted by Gasteiger charge is 2.46. The van der Waals surface area contributed by atoms with Crippen LogP contribution >= 0.6 is 0 Å². The summed E-state index contributed by atoms with van der Waals surface area (Å²) in [7, 11) is 0. The number of aromatic nitrogens is 2. The van der Waals surface area contributed by atoms with Crippen molar-refractivity contribution in [2.24, 2.45) is 11.8 Å². The maximum Gasteiger partial charge on any atom is 0.226 e. The zero-order valence-electron chi connectivity index (χ0n) is 19.9. The lowest BCUT2D eigenvalue weighted by molar-refractivity contribution is -0.135. The van der Waals surface area contributed by atoms with E-state index in [0.29, 0.717) is 31.1 Å². The SMILES string of the molecule is C[C@@H]1CN(c2nc(C3CC3)c(-c3cccc4cnccc34)cc2C#N)CCN1C(=O)[C@@H]1C[C@H]1CO. The molecule has 1 aliphatic heterocycles. The molecule has 2 saturated carbocycles. The zero-order valence-corrected chi connectivity index (χ0v) is 19.9. The van der Waals surface area contributed by atoms with Gasteiger partial charge < -0.3 is 14.9 Å². The number of carbonyl (C=O) groups excluding carboxylic acids is 1. The quantitative estimate of drug-likeness (QED) is 0.615. The average Bonchev–Trinajstić information content (AvgIpc) is 3.81. The first kappa shape index (κ1) is 22.0. The molecule has 3 atom stereocenters. The number of aliphatic hydroxyl groups excluding tert-OH is 1. The molecule has 3 heterocycles. The van der Waals surface area contributed by atoms with Gasteiger partial charge in [0.25, 0.3) is 0 Å². The number of aliphatic hydroxyl groups is 1. The summed E-state index contributed by atoms with van der Waals surface area (Å²) in [4.78, 5) is 26.4. The number of pyridine rings is 2. The van der Waals surface area contributed by atoms with E-state index >= 15 is 0 Å². The van der Waals surface area contributed by atoms with Gasteiger partial charge in [-0.2, -0.15) is 5.26 Å². The number of carbonyl (C=O) groups is 1. The molecule has 0 unspecified atom stereocenters. The molecule has 7 heteroatoms. The van der Waals surface area contributed by atoms with Crippen LogP contribution in [0.5, 0.6) is 0 Å². The summed E-state index contributed by atoms with van der Waals surface area (Å²) < 4.78 is 0. The molecule has 3 fully saturated rings. The van der Waals surface area contributed by atoms with Gasteiger partial charge in [0.2, 0.25) is 5.91 Å². The molecule has 3 aliphatic rings. The predicted molar refractivity (Wildman–Crippen MR) is 134 cm³/mol. The van der Waals surface area contributed by atoms with Crippen LogP contribution in [0.25, 0.3) is 21.9 Å². The van der Waals surface area contributed by atoms with Gasteiger partial charge in [-0.15, -0.1) is 0 Å². The lowest BCUT2D eigenvalue weighted by Gasteiger charge is -2.41. The van der Waals surface area contributed by atoms with Crippen molar-refractivity contribution in [3.05, 3.63) is 54.0 Å². The fraction of sp³-hybridized carbons (Fsp3) is 0.429. The molecule has 7 nitrogen and oxygen atoms in total. The van der Waals surface area contributed by atoms with E-state index in [1.807, 2.05) is 35.5 Å². The molecular formula is C28H29N5O2. The van der Waals surface area contributed by atoms with Gasteiger partial charge in [-0.25, -0.2) is 4.98 Å². The first-order valence-electron chi connectivity index (χ1n) is 12.5. The van der Waals surface area contributed by atoms with Crippen LogP contribution in [0.3, 0.4) is 0 Å². The van der Waals surface area contributed by atoms with E-state index in [0.717, 1.165) is 52.7 Å². The molecule has 0 spiro atoms. The number of piperazine rings is 1. The fourth-order valence-electron chi connectivity index (χ4n) is 5.52. The third-order valence-electron chi connectivity index (χ3n) is 7.77. The second-order valence-corrected chi connectivity index (χ2v) is 10.2. The van der Waals surface area contributed by atoms with Crippen molar-refractivity contribution < 1.29 is 9.90 Å². The molecule has 2 aromatic heterocycles. The summed E-state index contributed by atoms with van der Waals surface area (Å²) >= 11 is 0. The van der Waals surface area contributed by atoms with E-state index in [2.05, 4.69) is 35.0 Å². The molecule has 1 aromatic carbocycles. The number of amides is 1. The molecule has 35 heavy (non-hydrogen) atoms. The predicted octanol–water partition coefficient (Wildman–Crippen LogP) is 3.71. The van der Waals surface area contributed by atoms with Crippen LogP contribution in [0.1, 0.15) is 43.4 Å². The Morgan fingerprint density at radius 2 is 2.09 bits per heavy atom. The summed E-state index contributed by atoms with van der Waals surface area (Å²) in [6.45, 7) is 4.06. The highest BCUT2D eigenvalue weighted by atomic mass is 16.3. The standard InChI is InChI=1S/C28H29N5O2/c1-17-15-32(9-10-33(17)28(35)24-12-21(24)16-34)27-20(13-29)11-25(26(31-27)18-5-6-18)23-4-2-3-19-14-30-8-7-22(19)23/h2-4,7-8,11,14,17-18,21,24,34H,5-6,9-10,12,15-16H2,1H3/t17-,21+,24-/m1/s1.